The fourth-order valence-electron chi connectivity index (χ4n) is 1.75. The number of hydrogen-bond donors (Lipinski definition) is 2. The Hall–Kier alpha value is -1.11. The van der Waals surface area contributed by atoms with E-state index >= 15 is 0 Å². The van der Waals surface area contributed by atoms with Gasteiger partial charge < -0.3 is 10.1 Å². The van der Waals surface area contributed by atoms with E-state index in [1.54, 1.807) is 0 Å². The van der Waals surface area contributed by atoms with Crippen molar-refractivity contribution in [3.8, 4) is 5.75 Å². The fraction of sp³-hybridized carbons (Fsp3) is 0.571. The predicted molar refractivity (Wildman–Crippen MR) is 81.5 cm³/mol. The summed E-state index contributed by atoms with van der Waals surface area (Å²) in [5.41, 5.74) is 1.14. The first-order valence-corrected chi connectivity index (χ1v) is 8.61. The summed E-state index contributed by atoms with van der Waals surface area (Å²) in [6, 6.07) is 8.08. The molecule has 0 heterocycles. The van der Waals surface area contributed by atoms with Crippen LogP contribution in [0, 0.1) is 0 Å². The van der Waals surface area contributed by atoms with Gasteiger partial charge in [0, 0.05) is 19.1 Å². The van der Waals surface area contributed by atoms with Crippen LogP contribution in [0.25, 0.3) is 0 Å². The highest BCUT2D eigenvalue weighted by molar-refractivity contribution is 7.88. The van der Waals surface area contributed by atoms with E-state index in [4.69, 9.17) is 4.74 Å². The summed E-state index contributed by atoms with van der Waals surface area (Å²) < 4.78 is 29.9. The van der Waals surface area contributed by atoms with Gasteiger partial charge in [-0.25, -0.2) is 13.1 Å². The molecule has 0 aromatic heterocycles. The standard InChI is InChI=1S/C14H24N2O3S/c1-11(2)19-14-7-5-13(6-8-14)12(3)15-9-10-16-20(4,17)18/h5-8,11-12,15-16H,9-10H2,1-4H3. The lowest BCUT2D eigenvalue weighted by molar-refractivity contribution is 0.242. The summed E-state index contributed by atoms with van der Waals surface area (Å²) in [5, 5.41) is 3.26. The minimum Gasteiger partial charge on any atom is -0.491 e. The third-order valence-electron chi connectivity index (χ3n) is 2.69. The Morgan fingerprint density at radius 2 is 1.70 bits per heavy atom. The van der Waals surface area contributed by atoms with Crippen LogP contribution in [0.3, 0.4) is 0 Å². The molecule has 0 aliphatic heterocycles. The summed E-state index contributed by atoms with van der Waals surface area (Å²) >= 11 is 0. The van der Waals surface area contributed by atoms with Crippen LogP contribution in [0.15, 0.2) is 24.3 Å². The van der Waals surface area contributed by atoms with Crippen LogP contribution in [0.5, 0.6) is 5.75 Å². The summed E-state index contributed by atoms with van der Waals surface area (Å²) in [5.74, 6) is 0.856. The van der Waals surface area contributed by atoms with Gasteiger partial charge in [-0.05, 0) is 38.5 Å². The van der Waals surface area contributed by atoms with Crippen molar-refractivity contribution < 1.29 is 13.2 Å². The summed E-state index contributed by atoms with van der Waals surface area (Å²) in [7, 11) is -3.11. The second-order valence-electron chi connectivity index (χ2n) is 5.08. The molecule has 2 N–H and O–H groups in total. The molecule has 114 valence electrons. The van der Waals surface area contributed by atoms with E-state index in [1.807, 2.05) is 45.0 Å². The third-order valence-corrected chi connectivity index (χ3v) is 3.42. The summed E-state index contributed by atoms with van der Waals surface area (Å²) in [6.07, 6.45) is 1.32. The van der Waals surface area contributed by atoms with E-state index in [2.05, 4.69) is 10.0 Å². The van der Waals surface area contributed by atoms with Crippen molar-refractivity contribution in [2.24, 2.45) is 0 Å². The highest BCUT2D eigenvalue weighted by atomic mass is 32.2. The van der Waals surface area contributed by atoms with Gasteiger partial charge in [-0.1, -0.05) is 12.1 Å². The van der Waals surface area contributed by atoms with Crippen LogP contribution in [0.1, 0.15) is 32.4 Å². The van der Waals surface area contributed by atoms with Crippen LogP contribution < -0.4 is 14.8 Å². The maximum atomic E-state index is 10.9. The number of sulfonamides is 1. The van der Waals surface area contributed by atoms with Crippen molar-refractivity contribution in [2.75, 3.05) is 19.3 Å². The van der Waals surface area contributed by atoms with E-state index in [0.717, 1.165) is 17.6 Å². The molecule has 0 amide bonds. The monoisotopic (exact) mass is 300 g/mol. The van der Waals surface area contributed by atoms with Crippen molar-refractivity contribution in [3.05, 3.63) is 29.8 Å². The molecule has 0 bridgehead atoms. The molecule has 0 saturated carbocycles. The molecule has 20 heavy (non-hydrogen) atoms. The molecule has 0 fully saturated rings. The maximum absolute atomic E-state index is 10.9. The van der Waals surface area contributed by atoms with E-state index < -0.39 is 10.0 Å². The molecule has 0 aliphatic rings. The van der Waals surface area contributed by atoms with Crippen LogP contribution in [-0.4, -0.2) is 33.9 Å². The van der Waals surface area contributed by atoms with Gasteiger partial charge in [0.25, 0.3) is 0 Å². The fourth-order valence-corrected chi connectivity index (χ4v) is 2.22. The van der Waals surface area contributed by atoms with Gasteiger partial charge in [0.1, 0.15) is 5.75 Å². The largest absolute Gasteiger partial charge is 0.491 e. The first-order valence-electron chi connectivity index (χ1n) is 6.72. The Balaban J connectivity index is 2.41. The quantitative estimate of drug-likeness (QED) is 0.717. The van der Waals surface area contributed by atoms with Crippen LogP contribution in [-0.2, 0) is 10.0 Å². The van der Waals surface area contributed by atoms with Crippen LogP contribution in [0.4, 0.5) is 0 Å². The molecule has 0 spiro atoms. The Morgan fingerprint density at radius 1 is 1.10 bits per heavy atom. The lowest BCUT2D eigenvalue weighted by atomic mass is 10.1. The molecule has 1 aromatic carbocycles. The van der Waals surface area contributed by atoms with Crippen molar-refractivity contribution >= 4 is 10.0 Å². The normalized spacial score (nSPS) is 13.4. The number of hydrogen-bond acceptors (Lipinski definition) is 4. The van der Waals surface area contributed by atoms with Gasteiger partial charge in [-0.2, -0.15) is 0 Å². The molecule has 0 aliphatic carbocycles. The smallest absolute Gasteiger partial charge is 0.208 e. The van der Waals surface area contributed by atoms with Crippen molar-refractivity contribution in [2.45, 2.75) is 32.9 Å². The molecular weight excluding hydrogens is 276 g/mol. The minimum absolute atomic E-state index is 0.157. The zero-order valence-electron chi connectivity index (χ0n) is 12.5. The number of nitrogens with one attached hydrogen (secondary N) is 2. The number of rotatable bonds is 8. The van der Waals surface area contributed by atoms with E-state index in [1.165, 1.54) is 0 Å². The van der Waals surface area contributed by atoms with Gasteiger partial charge in [0.15, 0.2) is 0 Å². The number of benzene rings is 1. The number of ether oxygens (including phenoxy) is 1. The molecular formula is C14H24N2O3S. The summed E-state index contributed by atoms with van der Waals surface area (Å²) in [6.45, 7) is 6.99. The van der Waals surface area contributed by atoms with Gasteiger partial charge in [0.2, 0.25) is 10.0 Å². The van der Waals surface area contributed by atoms with Gasteiger partial charge in [-0.3, -0.25) is 0 Å². The van der Waals surface area contributed by atoms with Gasteiger partial charge >= 0.3 is 0 Å². The van der Waals surface area contributed by atoms with Gasteiger partial charge in [0.05, 0.1) is 12.4 Å². The Bertz CT molecular complexity index is 498. The highest BCUT2D eigenvalue weighted by Crippen LogP contribution is 2.18. The molecule has 1 atom stereocenters. The Labute approximate surface area is 121 Å². The molecule has 0 saturated heterocycles. The average molecular weight is 300 g/mol. The summed E-state index contributed by atoms with van der Waals surface area (Å²) in [4.78, 5) is 0. The average Bonchev–Trinajstić information content (AvgIpc) is 2.33. The zero-order valence-corrected chi connectivity index (χ0v) is 13.3. The molecule has 5 nitrogen and oxygen atoms in total. The Morgan fingerprint density at radius 3 is 2.20 bits per heavy atom. The lowest BCUT2D eigenvalue weighted by Crippen LogP contribution is -2.32. The predicted octanol–water partition coefficient (Wildman–Crippen LogP) is 1.67. The topological polar surface area (TPSA) is 67.4 Å². The van der Waals surface area contributed by atoms with Crippen molar-refractivity contribution in [1.82, 2.24) is 10.0 Å². The lowest BCUT2D eigenvalue weighted by Gasteiger charge is -2.15. The second-order valence-corrected chi connectivity index (χ2v) is 6.91. The van der Waals surface area contributed by atoms with Gasteiger partial charge in [-0.15, -0.1) is 0 Å². The van der Waals surface area contributed by atoms with Crippen molar-refractivity contribution in [3.63, 3.8) is 0 Å². The van der Waals surface area contributed by atoms with Crippen LogP contribution in [0.2, 0.25) is 0 Å². The van der Waals surface area contributed by atoms with E-state index in [9.17, 15) is 8.42 Å². The van der Waals surface area contributed by atoms with E-state index in [0.29, 0.717) is 13.1 Å². The zero-order chi connectivity index (χ0) is 15.2. The Kier molecular flexibility index (Phi) is 6.45. The first-order chi connectivity index (χ1) is 9.28. The minimum atomic E-state index is -3.11. The molecule has 0 radical (unpaired) electrons. The third kappa shape index (κ3) is 6.88. The van der Waals surface area contributed by atoms with Crippen molar-refractivity contribution in [1.29, 1.82) is 0 Å². The van der Waals surface area contributed by atoms with E-state index in [-0.39, 0.29) is 12.1 Å². The molecule has 6 heteroatoms. The van der Waals surface area contributed by atoms with Crippen LogP contribution >= 0.6 is 0 Å². The molecule has 1 unspecified atom stereocenters. The SMILES string of the molecule is CC(C)Oc1ccc(C(C)NCCNS(C)(=O)=O)cc1. The molecule has 1 aromatic rings. The molecule has 1 rings (SSSR count). The first kappa shape index (κ1) is 16.9. The maximum Gasteiger partial charge on any atom is 0.208 e. The second kappa shape index (κ2) is 7.61. The highest BCUT2D eigenvalue weighted by Gasteiger charge is 2.06.